The van der Waals surface area contributed by atoms with Crippen LogP contribution in [-0.2, 0) is 26.6 Å². The molecule has 1 aromatic carbocycles. The summed E-state index contributed by atoms with van der Waals surface area (Å²) in [6, 6.07) is 8.07. The number of rotatable bonds is 4. The molecule has 1 saturated heterocycles. The second-order valence-corrected chi connectivity index (χ2v) is 8.36. The van der Waals surface area contributed by atoms with Gasteiger partial charge in [0.05, 0.1) is 0 Å². The first-order chi connectivity index (χ1) is 14.1. The Balaban J connectivity index is 1.32. The minimum Gasteiger partial charge on any atom is -0.349 e. The number of likely N-dealkylation sites (tertiary alicyclic amines) is 1. The molecule has 2 aliphatic heterocycles. The van der Waals surface area contributed by atoms with Crippen LogP contribution in [0.2, 0.25) is 0 Å². The van der Waals surface area contributed by atoms with Crippen LogP contribution in [0.25, 0.3) is 0 Å². The van der Waals surface area contributed by atoms with Crippen molar-refractivity contribution in [2.75, 3.05) is 13.1 Å². The lowest BCUT2D eigenvalue weighted by Gasteiger charge is -2.20. The third-order valence-electron chi connectivity index (χ3n) is 6.16. The fourth-order valence-corrected chi connectivity index (χ4v) is 4.42. The molecule has 2 aliphatic rings. The number of hydrogen-bond donors (Lipinski definition) is 1. The van der Waals surface area contributed by atoms with Crippen molar-refractivity contribution >= 4 is 5.91 Å². The van der Waals surface area contributed by atoms with Gasteiger partial charge in [-0.3, -0.25) is 14.3 Å². The van der Waals surface area contributed by atoms with Gasteiger partial charge in [0.1, 0.15) is 5.82 Å². The number of carbonyl (C=O) groups excluding carboxylic acids is 1. The van der Waals surface area contributed by atoms with Crippen LogP contribution < -0.4 is 11.0 Å². The zero-order valence-electron chi connectivity index (χ0n) is 17.3. The molecule has 29 heavy (non-hydrogen) atoms. The van der Waals surface area contributed by atoms with Crippen molar-refractivity contribution in [1.82, 2.24) is 24.6 Å². The average Bonchev–Trinajstić information content (AvgIpc) is 2.95. The zero-order valence-corrected chi connectivity index (χ0v) is 17.3. The van der Waals surface area contributed by atoms with Gasteiger partial charge in [-0.1, -0.05) is 25.0 Å². The molecule has 1 amide bonds. The number of benzene rings is 1. The molecule has 3 heterocycles. The SMILES string of the molecule is Cn1nc2n(c1=O)CCC(NC(=O)c1ccc(CN3CCCCCC3)cc1)CC2. The monoisotopic (exact) mass is 397 g/mol. The molecule has 1 atom stereocenters. The number of fused-ring (bicyclic) bond motifs is 1. The normalized spacial score (nSPS) is 20.5. The van der Waals surface area contributed by atoms with E-state index in [1.165, 1.54) is 49.0 Å². The Bertz CT molecular complexity index is 891. The lowest BCUT2D eigenvalue weighted by Crippen LogP contribution is -2.35. The van der Waals surface area contributed by atoms with Gasteiger partial charge in [0.2, 0.25) is 0 Å². The van der Waals surface area contributed by atoms with Crippen molar-refractivity contribution in [2.45, 2.75) is 64.1 Å². The highest BCUT2D eigenvalue weighted by Gasteiger charge is 2.21. The predicted octanol–water partition coefficient (Wildman–Crippen LogP) is 2.09. The molecule has 1 unspecified atom stereocenters. The summed E-state index contributed by atoms with van der Waals surface area (Å²) in [5, 5.41) is 7.44. The lowest BCUT2D eigenvalue weighted by atomic mass is 10.1. The van der Waals surface area contributed by atoms with Crippen LogP contribution in [-0.4, -0.2) is 44.3 Å². The molecule has 0 saturated carbocycles. The number of amides is 1. The molecule has 2 aromatic rings. The number of aryl methyl sites for hydroxylation is 2. The van der Waals surface area contributed by atoms with Gasteiger partial charge in [0.25, 0.3) is 5.91 Å². The molecule has 156 valence electrons. The van der Waals surface area contributed by atoms with Crippen LogP contribution in [0, 0.1) is 0 Å². The van der Waals surface area contributed by atoms with E-state index in [1.54, 1.807) is 11.6 Å². The zero-order chi connectivity index (χ0) is 20.2. The Morgan fingerprint density at radius 1 is 1.07 bits per heavy atom. The lowest BCUT2D eigenvalue weighted by molar-refractivity contribution is 0.0933. The van der Waals surface area contributed by atoms with Gasteiger partial charge in [-0.15, -0.1) is 0 Å². The predicted molar refractivity (Wildman–Crippen MR) is 112 cm³/mol. The Hall–Kier alpha value is -2.41. The second-order valence-electron chi connectivity index (χ2n) is 8.36. The molecule has 0 radical (unpaired) electrons. The maximum absolute atomic E-state index is 12.7. The van der Waals surface area contributed by atoms with Crippen molar-refractivity contribution in [3.8, 4) is 0 Å². The summed E-state index contributed by atoms with van der Waals surface area (Å²) in [6.45, 7) is 3.90. The van der Waals surface area contributed by atoms with Crippen molar-refractivity contribution in [3.05, 3.63) is 51.7 Å². The van der Waals surface area contributed by atoms with Crippen LogP contribution in [0.1, 0.15) is 60.3 Å². The quantitative estimate of drug-likeness (QED) is 0.858. The average molecular weight is 398 g/mol. The van der Waals surface area contributed by atoms with Crippen molar-refractivity contribution in [2.24, 2.45) is 7.05 Å². The number of nitrogens with zero attached hydrogens (tertiary/aromatic N) is 4. The van der Waals surface area contributed by atoms with Gasteiger partial charge >= 0.3 is 5.69 Å². The highest BCUT2D eigenvalue weighted by molar-refractivity contribution is 5.94. The minimum absolute atomic E-state index is 0.0382. The number of carbonyl (C=O) groups is 1. The van der Waals surface area contributed by atoms with E-state index in [1.807, 2.05) is 12.1 Å². The second kappa shape index (κ2) is 8.95. The van der Waals surface area contributed by atoms with Crippen molar-refractivity contribution < 1.29 is 4.79 Å². The smallest absolute Gasteiger partial charge is 0.345 e. The largest absolute Gasteiger partial charge is 0.349 e. The van der Waals surface area contributed by atoms with Gasteiger partial charge in [-0.25, -0.2) is 9.48 Å². The Morgan fingerprint density at radius 3 is 2.52 bits per heavy atom. The maximum Gasteiger partial charge on any atom is 0.345 e. The summed E-state index contributed by atoms with van der Waals surface area (Å²) in [5.74, 6) is 0.774. The molecule has 0 bridgehead atoms. The van der Waals surface area contributed by atoms with E-state index in [2.05, 4.69) is 27.4 Å². The molecule has 4 rings (SSSR count). The fraction of sp³-hybridized carbons (Fsp3) is 0.591. The summed E-state index contributed by atoms with van der Waals surface area (Å²) < 4.78 is 3.12. The van der Waals surface area contributed by atoms with E-state index in [4.69, 9.17) is 0 Å². The molecular weight excluding hydrogens is 366 g/mol. The van der Waals surface area contributed by atoms with Gasteiger partial charge in [-0.05, 0) is 56.5 Å². The first kappa shape index (κ1) is 19.9. The molecule has 1 fully saturated rings. The molecule has 0 aliphatic carbocycles. The summed E-state index contributed by atoms with van der Waals surface area (Å²) in [6.07, 6.45) is 7.50. The van der Waals surface area contributed by atoms with Gasteiger partial charge in [0.15, 0.2) is 0 Å². The van der Waals surface area contributed by atoms with Crippen LogP contribution >= 0.6 is 0 Å². The molecule has 1 aromatic heterocycles. The summed E-state index contributed by atoms with van der Waals surface area (Å²) in [5.41, 5.74) is 1.88. The minimum atomic E-state index is -0.0769. The van der Waals surface area contributed by atoms with E-state index in [0.29, 0.717) is 18.5 Å². The molecule has 7 nitrogen and oxygen atoms in total. The molecule has 7 heteroatoms. The van der Waals surface area contributed by atoms with E-state index in [-0.39, 0.29) is 17.6 Å². The van der Waals surface area contributed by atoms with Crippen LogP contribution in [0.4, 0.5) is 0 Å². The number of hydrogen-bond acceptors (Lipinski definition) is 4. The van der Waals surface area contributed by atoms with E-state index < -0.39 is 0 Å². The first-order valence-corrected chi connectivity index (χ1v) is 10.8. The highest BCUT2D eigenvalue weighted by Crippen LogP contribution is 2.15. The standard InChI is InChI=1S/C22H31N5O2/c1-25-22(29)27-15-12-19(10-11-20(27)24-25)23-21(28)18-8-6-17(7-9-18)16-26-13-4-2-3-5-14-26/h6-9,19H,2-5,10-16H2,1H3,(H,23,28). The van der Waals surface area contributed by atoms with Crippen molar-refractivity contribution in [3.63, 3.8) is 0 Å². The van der Waals surface area contributed by atoms with E-state index in [9.17, 15) is 9.59 Å². The summed E-state index contributed by atoms with van der Waals surface area (Å²) >= 11 is 0. The van der Waals surface area contributed by atoms with Gasteiger partial charge in [-0.2, -0.15) is 5.10 Å². The molecule has 1 N–H and O–H groups in total. The van der Waals surface area contributed by atoms with Gasteiger partial charge in [0, 0.05) is 38.2 Å². The third-order valence-corrected chi connectivity index (χ3v) is 6.16. The van der Waals surface area contributed by atoms with Crippen molar-refractivity contribution in [1.29, 1.82) is 0 Å². The maximum atomic E-state index is 12.7. The van der Waals surface area contributed by atoms with Gasteiger partial charge < -0.3 is 5.32 Å². The topological polar surface area (TPSA) is 72.2 Å². The first-order valence-electron chi connectivity index (χ1n) is 10.8. The van der Waals surface area contributed by atoms with E-state index >= 15 is 0 Å². The summed E-state index contributed by atoms with van der Waals surface area (Å²) in [7, 11) is 1.68. The van der Waals surface area contributed by atoms with Crippen LogP contribution in [0.5, 0.6) is 0 Å². The highest BCUT2D eigenvalue weighted by atomic mass is 16.2. The third kappa shape index (κ3) is 4.78. The fourth-order valence-electron chi connectivity index (χ4n) is 4.42. The van der Waals surface area contributed by atoms with Crippen LogP contribution in [0.3, 0.4) is 0 Å². The molecular formula is C22H31N5O2. The molecule has 0 spiro atoms. The van der Waals surface area contributed by atoms with E-state index in [0.717, 1.165) is 25.2 Å². The number of nitrogens with one attached hydrogen (secondary N) is 1. The number of aromatic nitrogens is 3. The Morgan fingerprint density at radius 2 is 1.79 bits per heavy atom. The summed E-state index contributed by atoms with van der Waals surface area (Å²) in [4.78, 5) is 27.3. The Kier molecular flexibility index (Phi) is 6.13. The Labute approximate surface area is 171 Å². The van der Waals surface area contributed by atoms with Crippen LogP contribution in [0.15, 0.2) is 29.1 Å².